The fraction of sp³-hybridized carbons (Fsp3) is 0.303. The molecule has 10 heteroatoms. The summed E-state index contributed by atoms with van der Waals surface area (Å²) >= 11 is 0. The maximum Gasteiger partial charge on any atom is 0.326 e. The fourth-order valence-corrected chi connectivity index (χ4v) is 4.51. The van der Waals surface area contributed by atoms with Crippen molar-refractivity contribution in [2.24, 2.45) is 10.9 Å². The lowest BCUT2D eigenvalue weighted by Gasteiger charge is -2.23. The molecule has 2 atom stereocenters. The Hall–Kier alpha value is -5.17. The molecule has 0 spiro atoms. The molecule has 0 aromatic heterocycles. The quantitative estimate of drug-likeness (QED) is 0.103. The molecule has 0 bridgehead atoms. The Bertz CT molecular complexity index is 1460. The highest BCUT2D eigenvalue weighted by molar-refractivity contribution is 6.04. The first-order chi connectivity index (χ1) is 20.5. The highest BCUT2D eigenvalue weighted by Crippen LogP contribution is 2.26. The fourth-order valence-electron chi connectivity index (χ4n) is 4.51. The molecule has 0 aliphatic rings. The van der Waals surface area contributed by atoms with E-state index in [1.807, 2.05) is 45.0 Å². The molecule has 3 rings (SSSR count). The zero-order valence-corrected chi connectivity index (χ0v) is 24.5. The monoisotopic (exact) mass is 583 g/mol. The van der Waals surface area contributed by atoms with Crippen LogP contribution in [0.1, 0.15) is 54.9 Å². The second-order valence-electron chi connectivity index (χ2n) is 10.8. The number of benzene rings is 3. The van der Waals surface area contributed by atoms with Crippen LogP contribution >= 0.6 is 0 Å². The Morgan fingerprint density at radius 1 is 0.860 bits per heavy atom. The van der Waals surface area contributed by atoms with Gasteiger partial charge in [-0.05, 0) is 66.6 Å². The standard InChI is InChI=1S/C33H37N5O5/c1-21(2)18-28(31(41)38-29(32(42)43)19-24-8-6-23(7-9-24)10-17-30(39)40)25-11-15-27(16-12-25)37-33(35-20-34)36-26-13-4-22(3)5-14-26/h4-9,11-16,21,28-29H,10,17-19H2,1-3H3,(H,38,41)(H,39,40)(H,42,43)(H2,35,36,37). The number of hydrogen-bond donors (Lipinski definition) is 5. The number of nitriles is 1. The van der Waals surface area contributed by atoms with Crippen molar-refractivity contribution < 1.29 is 24.6 Å². The van der Waals surface area contributed by atoms with Crippen LogP contribution in [-0.2, 0) is 27.2 Å². The van der Waals surface area contributed by atoms with Crippen molar-refractivity contribution >= 4 is 35.2 Å². The predicted molar refractivity (Wildman–Crippen MR) is 166 cm³/mol. The van der Waals surface area contributed by atoms with E-state index in [1.165, 1.54) is 0 Å². The molecular weight excluding hydrogens is 546 g/mol. The van der Waals surface area contributed by atoms with Gasteiger partial charge in [-0.15, -0.1) is 4.99 Å². The van der Waals surface area contributed by atoms with Gasteiger partial charge in [0.15, 0.2) is 0 Å². The van der Waals surface area contributed by atoms with Crippen molar-refractivity contribution in [3.63, 3.8) is 0 Å². The van der Waals surface area contributed by atoms with Crippen LogP contribution in [0.3, 0.4) is 0 Å². The molecule has 1 amide bonds. The smallest absolute Gasteiger partial charge is 0.326 e. The molecule has 43 heavy (non-hydrogen) atoms. The van der Waals surface area contributed by atoms with Crippen molar-refractivity contribution in [2.45, 2.75) is 58.4 Å². The zero-order valence-electron chi connectivity index (χ0n) is 24.5. The Morgan fingerprint density at radius 2 is 1.42 bits per heavy atom. The molecule has 5 N–H and O–H groups in total. The van der Waals surface area contributed by atoms with Crippen LogP contribution < -0.4 is 16.0 Å². The Balaban J connectivity index is 1.71. The van der Waals surface area contributed by atoms with E-state index in [1.54, 1.807) is 54.7 Å². The second kappa shape index (κ2) is 15.7. The molecular formula is C33H37N5O5. The van der Waals surface area contributed by atoms with Gasteiger partial charge in [-0.3, -0.25) is 9.59 Å². The number of amides is 1. The first-order valence-corrected chi connectivity index (χ1v) is 14.0. The van der Waals surface area contributed by atoms with E-state index in [2.05, 4.69) is 20.9 Å². The molecule has 0 aliphatic carbocycles. The number of aliphatic imine (C=N–C) groups is 1. The number of carboxylic acid groups (broad SMARTS) is 2. The van der Waals surface area contributed by atoms with Gasteiger partial charge in [-0.2, -0.15) is 5.26 Å². The van der Waals surface area contributed by atoms with Gasteiger partial charge >= 0.3 is 11.9 Å². The number of aliphatic carboxylic acids is 2. The maximum absolute atomic E-state index is 13.5. The molecule has 0 aliphatic heterocycles. The second-order valence-corrected chi connectivity index (χ2v) is 10.8. The predicted octanol–water partition coefficient (Wildman–Crippen LogP) is 5.32. The number of carbonyl (C=O) groups is 3. The third-order valence-corrected chi connectivity index (χ3v) is 6.78. The molecule has 2 unspecified atom stereocenters. The van der Waals surface area contributed by atoms with Gasteiger partial charge in [0.1, 0.15) is 6.04 Å². The summed E-state index contributed by atoms with van der Waals surface area (Å²) < 4.78 is 0. The van der Waals surface area contributed by atoms with E-state index in [9.17, 15) is 19.5 Å². The van der Waals surface area contributed by atoms with E-state index >= 15 is 0 Å². The average molecular weight is 584 g/mol. The molecule has 0 saturated carbocycles. The van der Waals surface area contributed by atoms with Crippen molar-refractivity contribution in [3.8, 4) is 6.19 Å². The third-order valence-electron chi connectivity index (χ3n) is 6.78. The number of aryl methyl sites for hydroxylation is 2. The summed E-state index contributed by atoms with van der Waals surface area (Å²) in [4.78, 5) is 40.2. The highest BCUT2D eigenvalue weighted by Gasteiger charge is 2.27. The van der Waals surface area contributed by atoms with E-state index in [-0.39, 0.29) is 30.6 Å². The summed E-state index contributed by atoms with van der Waals surface area (Å²) in [5, 5.41) is 36.8. The van der Waals surface area contributed by atoms with E-state index in [4.69, 9.17) is 10.4 Å². The molecule has 0 heterocycles. The van der Waals surface area contributed by atoms with Gasteiger partial charge < -0.3 is 26.2 Å². The number of rotatable bonds is 13. The van der Waals surface area contributed by atoms with Gasteiger partial charge in [0, 0.05) is 24.2 Å². The van der Waals surface area contributed by atoms with Gasteiger partial charge in [0.2, 0.25) is 18.1 Å². The number of hydrogen-bond acceptors (Lipinski definition) is 5. The van der Waals surface area contributed by atoms with Crippen LogP contribution in [0.4, 0.5) is 11.4 Å². The SMILES string of the molecule is Cc1ccc(NC(=NC#N)Nc2ccc(C(CC(C)C)C(=O)NC(Cc3ccc(CCC(=O)O)cc3)C(=O)O)cc2)cc1. The summed E-state index contributed by atoms with van der Waals surface area (Å²) in [5.41, 5.74) is 4.81. The van der Waals surface area contributed by atoms with Crippen LogP contribution in [0, 0.1) is 24.3 Å². The van der Waals surface area contributed by atoms with E-state index in [0.717, 1.165) is 27.9 Å². The molecule has 224 valence electrons. The van der Waals surface area contributed by atoms with Crippen molar-refractivity contribution in [1.82, 2.24) is 5.32 Å². The first kappa shape index (κ1) is 32.3. The van der Waals surface area contributed by atoms with Crippen LogP contribution in [0.15, 0.2) is 77.8 Å². The first-order valence-electron chi connectivity index (χ1n) is 14.0. The molecule has 3 aromatic rings. The molecule has 0 radical (unpaired) electrons. The van der Waals surface area contributed by atoms with Crippen molar-refractivity contribution in [1.29, 1.82) is 5.26 Å². The van der Waals surface area contributed by atoms with Crippen LogP contribution in [0.5, 0.6) is 0 Å². The third kappa shape index (κ3) is 10.6. The lowest BCUT2D eigenvalue weighted by atomic mass is 9.89. The summed E-state index contributed by atoms with van der Waals surface area (Å²) in [6.07, 6.45) is 2.79. The Morgan fingerprint density at radius 3 is 1.93 bits per heavy atom. The van der Waals surface area contributed by atoms with Crippen molar-refractivity contribution in [2.75, 3.05) is 10.6 Å². The number of nitrogens with zero attached hydrogens (tertiary/aromatic N) is 2. The minimum atomic E-state index is -1.14. The summed E-state index contributed by atoms with van der Waals surface area (Å²) in [5.74, 6) is -2.57. The normalized spacial score (nSPS) is 12.6. The Kier molecular flexibility index (Phi) is 11.8. The number of guanidine groups is 1. The maximum atomic E-state index is 13.5. The minimum Gasteiger partial charge on any atom is -0.481 e. The molecule has 10 nitrogen and oxygen atoms in total. The van der Waals surface area contributed by atoms with Gasteiger partial charge in [0.05, 0.1) is 5.92 Å². The van der Waals surface area contributed by atoms with E-state index < -0.39 is 23.9 Å². The lowest BCUT2D eigenvalue weighted by Crippen LogP contribution is -2.44. The van der Waals surface area contributed by atoms with Crippen LogP contribution in [0.25, 0.3) is 0 Å². The highest BCUT2D eigenvalue weighted by atomic mass is 16.4. The summed E-state index contributed by atoms with van der Waals surface area (Å²) in [6.45, 7) is 5.98. The minimum absolute atomic E-state index is 0.0143. The zero-order chi connectivity index (χ0) is 31.4. The largest absolute Gasteiger partial charge is 0.481 e. The number of carboxylic acids is 2. The van der Waals surface area contributed by atoms with Crippen LogP contribution in [0.2, 0.25) is 0 Å². The average Bonchev–Trinajstić information content (AvgIpc) is 2.96. The van der Waals surface area contributed by atoms with Gasteiger partial charge in [-0.1, -0.05) is 67.9 Å². The molecule has 3 aromatic carbocycles. The van der Waals surface area contributed by atoms with Crippen molar-refractivity contribution in [3.05, 3.63) is 95.1 Å². The lowest BCUT2D eigenvalue weighted by molar-refractivity contribution is -0.142. The van der Waals surface area contributed by atoms with E-state index in [0.29, 0.717) is 18.5 Å². The topological polar surface area (TPSA) is 164 Å². The molecule has 0 fully saturated rings. The summed E-state index contributed by atoms with van der Waals surface area (Å²) in [7, 11) is 0. The number of nitrogens with one attached hydrogen (secondary N) is 3. The number of anilines is 2. The van der Waals surface area contributed by atoms with Gasteiger partial charge in [0.25, 0.3) is 0 Å². The number of carbonyl (C=O) groups excluding carboxylic acids is 1. The van der Waals surface area contributed by atoms with Gasteiger partial charge in [-0.25, -0.2) is 4.79 Å². The Labute approximate surface area is 251 Å². The summed E-state index contributed by atoms with van der Waals surface area (Å²) in [6, 6.07) is 20.7. The molecule has 0 saturated heterocycles. The van der Waals surface area contributed by atoms with Crippen LogP contribution in [-0.4, -0.2) is 40.1 Å².